The zero-order valence-electron chi connectivity index (χ0n) is 10.3. The molecule has 1 aliphatic heterocycles. The van der Waals surface area contributed by atoms with Crippen LogP contribution in [0.15, 0.2) is 18.2 Å². The lowest BCUT2D eigenvalue weighted by Crippen LogP contribution is -2.38. The molecule has 19 heavy (non-hydrogen) atoms. The second kappa shape index (κ2) is 5.85. The van der Waals surface area contributed by atoms with Gasteiger partial charge in [0.25, 0.3) is 10.2 Å². The molecule has 0 radical (unpaired) electrons. The zero-order chi connectivity index (χ0) is 14.0. The molecular formula is C11H14Cl2N2O3S. The number of nitrogens with zero attached hydrogens (tertiary/aromatic N) is 1. The minimum Gasteiger partial charge on any atom is -0.489 e. The number of halogens is 2. The normalized spacial score (nSPS) is 20.7. The van der Waals surface area contributed by atoms with E-state index in [4.69, 9.17) is 27.9 Å². The van der Waals surface area contributed by atoms with Gasteiger partial charge in [-0.15, -0.1) is 0 Å². The summed E-state index contributed by atoms with van der Waals surface area (Å²) in [6.45, 7) is 0.762. The molecule has 1 atom stereocenters. The van der Waals surface area contributed by atoms with Gasteiger partial charge in [0.05, 0.1) is 16.6 Å². The van der Waals surface area contributed by atoms with E-state index in [0.29, 0.717) is 35.3 Å². The fourth-order valence-corrected chi connectivity index (χ4v) is 3.14. The monoisotopic (exact) mass is 324 g/mol. The lowest BCUT2D eigenvalue weighted by Gasteiger charge is -2.16. The third-order valence-corrected chi connectivity index (χ3v) is 5.17. The average molecular weight is 325 g/mol. The van der Waals surface area contributed by atoms with Crippen LogP contribution in [-0.2, 0) is 10.2 Å². The van der Waals surface area contributed by atoms with Gasteiger partial charge in [-0.05, 0) is 18.6 Å². The minimum atomic E-state index is -3.38. The Labute approximate surface area is 122 Å². The van der Waals surface area contributed by atoms with Crippen molar-refractivity contribution in [1.29, 1.82) is 0 Å². The largest absolute Gasteiger partial charge is 0.489 e. The molecule has 0 spiro atoms. The molecule has 5 nitrogen and oxygen atoms in total. The summed E-state index contributed by atoms with van der Waals surface area (Å²) in [6, 6.07) is 4.98. The molecule has 1 fully saturated rings. The van der Waals surface area contributed by atoms with Crippen molar-refractivity contribution in [2.45, 2.75) is 12.5 Å². The highest BCUT2D eigenvalue weighted by Crippen LogP contribution is 2.28. The van der Waals surface area contributed by atoms with Crippen LogP contribution in [0.1, 0.15) is 6.42 Å². The maximum absolute atomic E-state index is 11.6. The lowest BCUT2D eigenvalue weighted by atomic mass is 10.3. The molecule has 1 unspecified atom stereocenters. The van der Waals surface area contributed by atoms with Gasteiger partial charge in [-0.25, -0.2) is 4.72 Å². The van der Waals surface area contributed by atoms with E-state index in [0.717, 1.165) is 0 Å². The second-order valence-electron chi connectivity index (χ2n) is 4.17. The molecule has 0 aromatic heterocycles. The Morgan fingerprint density at radius 3 is 2.74 bits per heavy atom. The molecule has 8 heteroatoms. The van der Waals surface area contributed by atoms with Crippen LogP contribution in [0, 0.1) is 0 Å². The summed E-state index contributed by atoms with van der Waals surface area (Å²) >= 11 is 11.7. The Hall–Kier alpha value is -0.530. The molecule has 1 heterocycles. The van der Waals surface area contributed by atoms with Crippen LogP contribution in [-0.4, -0.2) is 39.0 Å². The van der Waals surface area contributed by atoms with Gasteiger partial charge in [-0.1, -0.05) is 23.2 Å². The van der Waals surface area contributed by atoms with Crippen LogP contribution in [0.2, 0.25) is 10.0 Å². The molecule has 1 saturated heterocycles. The first-order chi connectivity index (χ1) is 8.92. The topological polar surface area (TPSA) is 58.6 Å². The van der Waals surface area contributed by atoms with Crippen molar-refractivity contribution in [2.75, 3.05) is 20.1 Å². The van der Waals surface area contributed by atoms with Crippen LogP contribution in [0.3, 0.4) is 0 Å². The van der Waals surface area contributed by atoms with Gasteiger partial charge in [0, 0.05) is 19.7 Å². The summed E-state index contributed by atoms with van der Waals surface area (Å²) in [4.78, 5) is 0. The Kier molecular flexibility index (Phi) is 4.58. The van der Waals surface area contributed by atoms with Crippen LogP contribution in [0.4, 0.5) is 0 Å². The second-order valence-corrected chi connectivity index (χ2v) is 6.86. The van der Waals surface area contributed by atoms with Crippen LogP contribution < -0.4 is 9.46 Å². The molecule has 1 aromatic rings. The van der Waals surface area contributed by atoms with Crippen LogP contribution in [0.25, 0.3) is 0 Å². The van der Waals surface area contributed by atoms with Crippen molar-refractivity contribution in [3.8, 4) is 5.75 Å². The predicted octanol–water partition coefficient (Wildman–Crippen LogP) is 1.91. The first-order valence-electron chi connectivity index (χ1n) is 5.72. The maximum Gasteiger partial charge on any atom is 0.279 e. The van der Waals surface area contributed by atoms with Gasteiger partial charge in [0.2, 0.25) is 0 Å². The molecule has 0 saturated carbocycles. The number of nitrogens with one attached hydrogen (secondary N) is 1. The third kappa shape index (κ3) is 3.52. The predicted molar refractivity (Wildman–Crippen MR) is 75.0 cm³/mol. The first-order valence-corrected chi connectivity index (χ1v) is 7.92. The highest BCUT2D eigenvalue weighted by Gasteiger charge is 2.31. The van der Waals surface area contributed by atoms with Gasteiger partial charge in [-0.2, -0.15) is 12.7 Å². The molecular weight excluding hydrogens is 311 g/mol. The van der Waals surface area contributed by atoms with E-state index < -0.39 is 10.2 Å². The van der Waals surface area contributed by atoms with Crippen molar-refractivity contribution >= 4 is 33.4 Å². The highest BCUT2D eigenvalue weighted by atomic mass is 35.5. The quantitative estimate of drug-likeness (QED) is 0.920. The summed E-state index contributed by atoms with van der Waals surface area (Å²) in [6.07, 6.45) is 0.460. The van der Waals surface area contributed by atoms with Gasteiger partial charge in [0.15, 0.2) is 0 Å². The van der Waals surface area contributed by atoms with E-state index in [1.54, 1.807) is 18.2 Å². The Morgan fingerprint density at radius 2 is 2.11 bits per heavy atom. The molecule has 0 bridgehead atoms. The van der Waals surface area contributed by atoms with Gasteiger partial charge in [-0.3, -0.25) is 0 Å². The van der Waals surface area contributed by atoms with E-state index in [1.165, 1.54) is 11.4 Å². The molecule has 106 valence electrons. The summed E-state index contributed by atoms with van der Waals surface area (Å²) in [5.41, 5.74) is 0. The minimum absolute atomic E-state index is 0.180. The Bertz CT molecular complexity index is 565. The fourth-order valence-electron chi connectivity index (χ4n) is 1.88. The number of hydrogen-bond donors (Lipinski definition) is 1. The molecule has 2 rings (SSSR count). The van der Waals surface area contributed by atoms with Crippen molar-refractivity contribution in [3.63, 3.8) is 0 Å². The SMILES string of the molecule is CNS(=O)(=O)N1CCC(Oc2ccc(Cl)c(Cl)c2)C1. The van der Waals surface area contributed by atoms with E-state index in [-0.39, 0.29) is 6.10 Å². The van der Waals surface area contributed by atoms with E-state index >= 15 is 0 Å². The zero-order valence-corrected chi connectivity index (χ0v) is 12.6. The van der Waals surface area contributed by atoms with Crippen molar-refractivity contribution in [1.82, 2.24) is 9.03 Å². The maximum atomic E-state index is 11.6. The average Bonchev–Trinajstić information content (AvgIpc) is 2.83. The van der Waals surface area contributed by atoms with E-state index in [2.05, 4.69) is 4.72 Å². The van der Waals surface area contributed by atoms with Crippen molar-refractivity contribution < 1.29 is 13.2 Å². The Morgan fingerprint density at radius 1 is 1.37 bits per heavy atom. The van der Waals surface area contributed by atoms with Crippen molar-refractivity contribution in [2.24, 2.45) is 0 Å². The third-order valence-electron chi connectivity index (χ3n) is 2.90. The number of benzene rings is 1. The molecule has 0 amide bonds. The fraction of sp³-hybridized carbons (Fsp3) is 0.455. The van der Waals surface area contributed by atoms with Gasteiger partial charge in [0.1, 0.15) is 11.9 Å². The molecule has 0 aliphatic carbocycles. The summed E-state index contributed by atoms with van der Waals surface area (Å²) in [5.74, 6) is 0.586. The van der Waals surface area contributed by atoms with Gasteiger partial charge < -0.3 is 4.74 Å². The highest BCUT2D eigenvalue weighted by molar-refractivity contribution is 7.87. The summed E-state index contributed by atoms with van der Waals surface area (Å²) < 4.78 is 32.6. The first kappa shape index (κ1) is 14.9. The van der Waals surface area contributed by atoms with E-state index in [1.807, 2.05) is 0 Å². The number of rotatable bonds is 4. The number of hydrogen-bond acceptors (Lipinski definition) is 3. The number of ether oxygens (including phenoxy) is 1. The standard InChI is InChI=1S/C11H14Cl2N2O3S/c1-14-19(16,17)15-5-4-9(7-15)18-8-2-3-10(12)11(13)6-8/h2-3,6,9,14H,4-5,7H2,1H3. The van der Waals surface area contributed by atoms with E-state index in [9.17, 15) is 8.42 Å². The lowest BCUT2D eigenvalue weighted by molar-refractivity contribution is 0.215. The molecule has 1 aliphatic rings. The van der Waals surface area contributed by atoms with Crippen LogP contribution in [0.5, 0.6) is 5.75 Å². The summed E-state index contributed by atoms with van der Waals surface area (Å²) in [7, 11) is -1.99. The molecule has 1 aromatic carbocycles. The summed E-state index contributed by atoms with van der Waals surface area (Å²) in [5, 5.41) is 0.872. The Balaban J connectivity index is 2.00. The molecule has 1 N–H and O–H groups in total. The van der Waals surface area contributed by atoms with Gasteiger partial charge >= 0.3 is 0 Å². The van der Waals surface area contributed by atoms with Crippen molar-refractivity contribution in [3.05, 3.63) is 28.2 Å². The smallest absolute Gasteiger partial charge is 0.279 e. The van der Waals surface area contributed by atoms with Crippen LogP contribution >= 0.6 is 23.2 Å².